The van der Waals surface area contributed by atoms with Gasteiger partial charge in [0, 0.05) is 17.7 Å². The van der Waals surface area contributed by atoms with E-state index in [1.54, 1.807) is 20.3 Å². The van der Waals surface area contributed by atoms with E-state index in [2.05, 4.69) is 0 Å². The van der Waals surface area contributed by atoms with Crippen LogP contribution in [0.15, 0.2) is 18.2 Å². The van der Waals surface area contributed by atoms with Gasteiger partial charge in [-0.3, -0.25) is 0 Å². The topological polar surface area (TPSA) is 44.5 Å². The highest BCUT2D eigenvalue weighted by Crippen LogP contribution is 2.30. The zero-order chi connectivity index (χ0) is 12.1. The fraction of sp³-hybridized carbons (Fsp3) is 0.500. The van der Waals surface area contributed by atoms with Crippen LogP contribution in [0.25, 0.3) is 0 Å². The minimum Gasteiger partial charge on any atom is -0.496 e. The van der Waals surface area contributed by atoms with E-state index in [4.69, 9.17) is 26.8 Å². The van der Waals surface area contributed by atoms with Crippen LogP contribution in [-0.4, -0.2) is 20.3 Å². The molecule has 1 rings (SSSR count). The standard InChI is InChI=1S/C12H18ClNO2/c1-4-10(15-2)12(14)9-7-8(13)5-6-11(9)16-3/h5-7,10,12H,4,14H2,1-3H3. The summed E-state index contributed by atoms with van der Waals surface area (Å²) in [6.07, 6.45) is 0.806. The molecule has 1 aromatic carbocycles. The summed E-state index contributed by atoms with van der Waals surface area (Å²) in [5.74, 6) is 0.743. The molecule has 16 heavy (non-hydrogen) atoms. The summed E-state index contributed by atoms with van der Waals surface area (Å²) < 4.78 is 10.6. The van der Waals surface area contributed by atoms with E-state index in [9.17, 15) is 0 Å². The van der Waals surface area contributed by atoms with Gasteiger partial charge < -0.3 is 15.2 Å². The van der Waals surface area contributed by atoms with Crippen LogP contribution in [0, 0.1) is 0 Å². The lowest BCUT2D eigenvalue weighted by atomic mass is 9.99. The molecular formula is C12H18ClNO2. The summed E-state index contributed by atoms with van der Waals surface area (Å²) in [6.45, 7) is 2.03. The van der Waals surface area contributed by atoms with Gasteiger partial charge in [-0.25, -0.2) is 0 Å². The lowest BCUT2D eigenvalue weighted by Gasteiger charge is -2.23. The molecule has 1 aromatic rings. The molecule has 0 radical (unpaired) electrons. The van der Waals surface area contributed by atoms with E-state index in [-0.39, 0.29) is 12.1 Å². The molecule has 90 valence electrons. The van der Waals surface area contributed by atoms with Crippen LogP contribution >= 0.6 is 11.6 Å². The Hall–Kier alpha value is -0.770. The maximum atomic E-state index is 6.14. The molecule has 0 bridgehead atoms. The van der Waals surface area contributed by atoms with E-state index in [0.29, 0.717) is 5.02 Å². The monoisotopic (exact) mass is 243 g/mol. The van der Waals surface area contributed by atoms with E-state index in [1.165, 1.54) is 0 Å². The van der Waals surface area contributed by atoms with Crippen LogP contribution in [0.1, 0.15) is 24.9 Å². The first-order valence-corrected chi connectivity index (χ1v) is 5.63. The van der Waals surface area contributed by atoms with Crippen LogP contribution in [-0.2, 0) is 4.74 Å². The molecule has 0 saturated carbocycles. The molecule has 2 unspecified atom stereocenters. The van der Waals surface area contributed by atoms with Gasteiger partial charge in [-0.2, -0.15) is 0 Å². The summed E-state index contributed by atoms with van der Waals surface area (Å²) in [5, 5.41) is 0.650. The molecule has 0 amide bonds. The highest BCUT2D eigenvalue weighted by atomic mass is 35.5. The van der Waals surface area contributed by atoms with Gasteiger partial charge in [-0.15, -0.1) is 0 Å². The van der Waals surface area contributed by atoms with Crippen LogP contribution < -0.4 is 10.5 Å². The molecule has 0 aliphatic rings. The average Bonchev–Trinajstić information content (AvgIpc) is 2.30. The fourth-order valence-electron chi connectivity index (χ4n) is 1.73. The van der Waals surface area contributed by atoms with Crippen LogP contribution in [0.5, 0.6) is 5.75 Å². The second-order valence-electron chi connectivity index (χ2n) is 3.59. The van der Waals surface area contributed by atoms with Crippen molar-refractivity contribution in [3.05, 3.63) is 28.8 Å². The van der Waals surface area contributed by atoms with Crippen molar-refractivity contribution in [1.29, 1.82) is 0 Å². The first-order valence-electron chi connectivity index (χ1n) is 5.25. The summed E-state index contributed by atoms with van der Waals surface area (Å²) in [4.78, 5) is 0. The van der Waals surface area contributed by atoms with E-state index in [1.807, 2.05) is 19.1 Å². The van der Waals surface area contributed by atoms with Gasteiger partial charge in [0.1, 0.15) is 5.75 Å². The molecule has 3 nitrogen and oxygen atoms in total. The number of benzene rings is 1. The number of ether oxygens (including phenoxy) is 2. The second-order valence-corrected chi connectivity index (χ2v) is 4.03. The largest absolute Gasteiger partial charge is 0.496 e. The second kappa shape index (κ2) is 6.09. The van der Waals surface area contributed by atoms with E-state index >= 15 is 0 Å². The molecule has 2 atom stereocenters. The maximum absolute atomic E-state index is 6.14. The molecule has 0 aliphatic heterocycles. The van der Waals surface area contributed by atoms with Crippen molar-refractivity contribution in [3.63, 3.8) is 0 Å². The van der Waals surface area contributed by atoms with Crippen LogP contribution in [0.3, 0.4) is 0 Å². The lowest BCUT2D eigenvalue weighted by molar-refractivity contribution is 0.0764. The van der Waals surface area contributed by atoms with Gasteiger partial charge in [0.2, 0.25) is 0 Å². The summed E-state index contributed by atoms with van der Waals surface area (Å²) in [6, 6.07) is 5.19. The molecule has 0 aromatic heterocycles. The number of halogens is 1. The Bertz CT molecular complexity index is 340. The smallest absolute Gasteiger partial charge is 0.123 e. The average molecular weight is 244 g/mol. The predicted octanol–water partition coefficient (Wildman–Crippen LogP) is 2.77. The van der Waals surface area contributed by atoms with Crippen molar-refractivity contribution >= 4 is 11.6 Å². The first kappa shape index (κ1) is 13.3. The normalized spacial score (nSPS) is 14.6. The Kier molecular flexibility index (Phi) is 5.06. The van der Waals surface area contributed by atoms with Crippen LogP contribution in [0.2, 0.25) is 5.02 Å². The zero-order valence-corrected chi connectivity index (χ0v) is 10.6. The first-order chi connectivity index (χ1) is 7.63. The molecule has 4 heteroatoms. The third kappa shape index (κ3) is 2.88. The van der Waals surface area contributed by atoms with Gasteiger partial charge in [-0.1, -0.05) is 18.5 Å². The Morgan fingerprint density at radius 2 is 2.06 bits per heavy atom. The number of nitrogens with two attached hydrogens (primary N) is 1. The third-order valence-electron chi connectivity index (χ3n) is 2.66. The molecule has 0 spiro atoms. The SMILES string of the molecule is CCC(OC)C(N)c1cc(Cl)ccc1OC. The van der Waals surface area contributed by atoms with Crippen molar-refractivity contribution < 1.29 is 9.47 Å². The van der Waals surface area contributed by atoms with Gasteiger partial charge in [-0.05, 0) is 24.6 Å². The molecule has 2 N–H and O–H groups in total. The van der Waals surface area contributed by atoms with Crippen LogP contribution in [0.4, 0.5) is 0 Å². The molecule has 0 saturated heterocycles. The highest BCUT2D eigenvalue weighted by Gasteiger charge is 2.20. The Morgan fingerprint density at radius 3 is 2.56 bits per heavy atom. The molecule has 0 fully saturated rings. The minimum absolute atomic E-state index is 0.0348. The van der Waals surface area contributed by atoms with E-state index in [0.717, 1.165) is 17.7 Å². The summed E-state index contributed by atoms with van der Waals surface area (Å²) in [7, 11) is 3.28. The minimum atomic E-state index is -0.233. The van der Waals surface area contributed by atoms with Gasteiger partial charge in [0.25, 0.3) is 0 Å². The Balaban J connectivity index is 3.04. The number of hydrogen-bond donors (Lipinski definition) is 1. The van der Waals surface area contributed by atoms with Gasteiger partial charge in [0.05, 0.1) is 19.3 Å². The maximum Gasteiger partial charge on any atom is 0.123 e. The summed E-state index contributed by atoms with van der Waals surface area (Å²) in [5.41, 5.74) is 7.02. The number of rotatable bonds is 5. The Labute approximate surface area is 101 Å². The number of methoxy groups -OCH3 is 2. The van der Waals surface area contributed by atoms with Crippen molar-refractivity contribution in [2.45, 2.75) is 25.5 Å². The summed E-state index contributed by atoms with van der Waals surface area (Å²) >= 11 is 5.96. The van der Waals surface area contributed by atoms with Gasteiger partial charge >= 0.3 is 0 Å². The molecule has 0 heterocycles. The highest BCUT2D eigenvalue weighted by molar-refractivity contribution is 6.30. The predicted molar refractivity (Wildman–Crippen MR) is 66.0 cm³/mol. The lowest BCUT2D eigenvalue weighted by Crippen LogP contribution is -2.27. The Morgan fingerprint density at radius 1 is 1.38 bits per heavy atom. The van der Waals surface area contributed by atoms with Crippen molar-refractivity contribution in [2.24, 2.45) is 5.73 Å². The fourth-order valence-corrected chi connectivity index (χ4v) is 1.91. The quantitative estimate of drug-likeness (QED) is 0.865. The molecular weight excluding hydrogens is 226 g/mol. The van der Waals surface area contributed by atoms with Crippen molar-refractivity contribution in [1.82, 2.24) is 0 Å². The van der Waals surface area contributed by atoms with E-state index < -0.39 is 0 Å². The third-order valence-corrected chi connectivity index (χ3v) is 2.89. The zero-order valence-electron chi connectivity index (χ0n) is 9.87. The number of hydrogen-bond acceptors (Lipinski definition) is 3. The van der Waals surface area contributed by atoms with Gasteiger partial charge in [0.15, 0.2) is 0 Å². The molecule has 0 aliphatic carbocycles. The van der Waals surface area contributed by atoms with Crippen molar-refractivity contribution in [3.8, 4) is 5.75 Å². The van der Waals surface area contributed by atoms with Crippen molar-refractivity contribution in [2.75, 3.05) is 14.2 Å².